The van der Waals surface area contributed by atoms with Crippen molar-refractivity contribution in [3.8, 4) is 0 Å². The second-order valence-electron chi connectivity index (χ2n) is 4.83. The van der Waals surface area contributed by atoms with Crippen LogP contribution in [0.5, 0.6) is 0 Å². The molecule has 1 N–H and O–H groups in total. The SMILES string of the molecule is CCCN(CCC)c1ccc(C(F)(F)F)cc1NC(=O)OC. The first-order valence-corrected chi connectivity index (χ1v) is 7.14. The number of ether oxygens (including phenoxy) is 1. The molecule has 4 nitrogen and oxygen atoms in total. The van der Waals surface area contributed by atoms with E-state index in [9.17, 15) is 18.0 Å². The number of nitrogens with zero attached hydrogens (tertiary/aromatic N) is 1. The highest BCUT2D eigenvalue weighted by Crippen LogP contribution is 2.35. The third-order valence-corrected chi connectivity index (χ3v) is 3.07. The molecule has 0 aliphatic heterocycles. The van der Waals surface area contributed by atoms with Crippen molar-refractivity contribution in [2.24, 2.45) is 0 Å². The van der Waals surface area contributed by atoms with Crippen LogP contribution in [0.3, 0.4) is 0 Å². The molecule has 0 spiro atoms. The summed E-state index contributed by atoms with van der Waals surface area (Å²) in [5.74, 6) is 0. The monoisotopic (exact) mass is 318 g/mol. The summed E-state index contributed by atoms with van der Waals surface area (Å²) in [6, 6.07) is 3.35. The van der Waals surface area contributed by atoms with E-state index in [4.69, 9.17) is 0 Å². The van der Waals surface area contributed by atoms with Gasteiger partial charge in [0.15, 0.2) is 0 Å². The number of methoxy groups -OCH3 is 1. The minimum Gasteiger partial charge on any atom is -0.453 e. The average Bonchev–Trinajstić information content (AvgIpc) is 2.46. The summed E-state index contributed by atoms with van der Waals surface area (Å²) in [5, 5.41) is 2.37. The van der Waals surface area contributed by atoms with E-state index in [2.05, 4.69) is 10.1 Å². The fourth-order valence-corrected chi connectivity index (χ4v) is 2.14. The Bertz CT molecular complexity index is 498. The van der Waals surface area contributed by atoms with Crippen LogP contribution in [0.2, 0.25) is 0 Å². The molecule has 0 aromatic heterocycles. The molecule has 0 saturated heterocycles. The number of carbonyl (C=O) groups is 1. The molecule has 0 saturated carbocycles. The molecule has 1 amide bonds. The van der Waals surface area contributed by atoms with Crippen LogP contribution in [0.4, 0.5) is 29.3 Å². The topological polar surface area (TPSA) is 41.6 Å². The molecule has 1 aromatic rings. The zero-order chi connectivity index (χ0) is 16.8. The van der Waals surface area contributed by atoms with Gasteiger partial charge in [0.2, 0.25) is 0 Å². The smallest absolute Gasteiger partial charge is 0.416 e. The van der Waals surface area contributed by atoms with E-state index in [1.807, 2.05) is 18.7 Å². The van der Waals surface area contributed by atoms with Crippen molar-refractivity contribution >= 4 is 17.5 Å². The molecule has 7 heteroatoms. The number of nitrogens with one attached hydrogen (secondary N) is 1. The van der Waals surface area contributed by atoms with Crippen molar-refractivity contribution in [3.63, 3.8) is 0 Å². The van der Waals surface area contributed by atoms with Gasteiger partial charge in [0, 0.05) is 13.1 Å². The number of benzene rings is 1. The molecule has 1 rings (SSSR count). The Morgan fingerprint density at radius 3 is 2.27 bits per heavy atom. The maximum Gasteiger partial charge on any atom is 0.416 e. The lowest BCUT2D eigenvalue weighted by atomic mass is 10.1. The first-order chi connectivity index (χ1) is 10.3. The van der Waals surface area contributed by atoms with Crippen LogP contribution in [-0.4, -0.2) is 26.3 Å². The summed E-state index contributed by atoms with van der Waals surface area (Å²) in [6.45, 7) is 5.35. The van der Waals surface area contributed by atoms with Gasteiger partial charge in [0.25, 0.3) is 0 Å². The van der Waals surface area contributed by atoms with Crippen LogP contribution in [0, 0.1) is 0 Å². The van der Waals surface area contributed by atoms with E-state index in [1.54, 1.807) is 0 Å². The third kappa shape index (κ3) is 4.82. The van der Waals surface area contributed by atoms with Gasteiger partial charge in [-0.3, -0.25) is 5.32 Å². The number of hydrogen-bond donors (Lipinski definition) is 1. The van der Waals surface area contributed by atoms with Crippen LogP contribution < -0.4 is 10.2 Å². The van der Waals surface area contributed by atoms with E-state index in [1.165, 1.54) is 13.2 Å². The lowest BCUT2D eigenvalue weighted by Gasteiger charge is -2.27. The van der Waals surface area contributed by atoms with E-state index < -0.39 is 17.8 Å². The van der Waals surface area contributed by atoms with Crippen molar-refractivity contribution in [1.82, 2.24) is 0 Å². The molecular weight excluding hydrogens is 297 g/mol. The second kappa shape index (κ2) is 7.91. The summed E-state index contributed by atoms with van der Waals surface area (Å²) in [6.07, 6.45) is -3.57. The van der Waals surface area contributed by atoms with Gasteiger partial charge in [-0.15, -0.1) is 0 Å². The molecule has 22 heavy (non-hydrogen) atoms. The van der Waals surface area contributed by atoms with Gasteiger partial charge in [0.1, 0.15) is 0 Å². The Morgan fingerprint density at radius 2 is 1.82 bits per heavy atom. The van der Waals surface area contributed by atoms with Crippen molar-refractivity contribution in [2.75, 3.05) is 30.4 Å². The molecule has 0 bridgehead atoms. The van der Waals surface area contributed by atoms with Crippen LogP contribution >= 0.6 is 0 Å². The van der Waals surface area contributed by atoms with Crippen LogP contribution in [-0.2, 0) is 10.9 Å². The number of rotatable bonds is 6. The number of halogens is 3. The molecule has 0 aliphatic rings. The van der Waals surface area contributed by atoms with E-state index in [-0.39, 0.29) is 5.69 Å². The Morgan fingerprint density at radius 1 is 1.23 bits per heavy atom. The highest BCUT2D eigenvalue weighted by molar-refractivity contribution is 5.90. The lowest BCUT2D eigenvalue weighted by molar-refractivity contribution is -0.137. The van der Waals surface area contributed by atoms with Crippen molar-refractivity contribution in [1.29, 1.82) is 0 Å². The molecule has 0 atom stereocenters. The molecule has 124 valence electrons. The fraction of sp³-hybridized carbons (Fsp3) is 0.533. The third-order valence-electron chi connectivity index (χ3n) is 3.07. The number of amides is 1. The van der Waals surface area contributed by atoms with Gasteiger partial charge in [0.05, 0.1) is 24.0 Å². The van der Waals surface area contributed by atoms with E-state index in [0.29, 0.717) is 18.8 Å². The first kappa shape index (κ1) is 18.1. The molecule has 0 radical (unpaired) electrons. The molecule has 0 unspecified atom stereocenters. The summed E-state index contributed by atoms with van der Waals surface area (Å²) in [4.78, 5) is 13.3. The molecule has 0 aliphatic carbocycles. The van der Waals surface area contributed by atoms with Gasteiger partial charge in [-0.2, -0.15) is 13.2 Å². The highest BCUT2D eigenvalue weighted by atomic mass is 19.4. The van der Waals surface area contributed by atoms with E-state index in [0.717, 1.165) is 25.0 Å². The van der Waals surface area contributed by atoms with Crippen LogP contribution in [0.15, 0.2) is 18.2 Å². The first-order valence-electron chi connectivity index (χ1n) is 7.14. The number of anilines is 2. The Balaban J connectivity index is 3.26. The Hall–Kier alpha value is -1.92. The summed E-state index contributed by atoms with van der Waals surface area (Å²) >= 11 is 0. The quantitative estimate of drug-likeness (QED) is 0.839. The predicted octanol–water partition coefficient (Wildman–Crippen LogP) is 4.51. The Kier molecular flexibility index (Phi) is 6.52. The maximum absolute atomic E-state index is 12.9. The normalized spacial score (nSPS) is 11.2. The minimum atomic E-state index is -4.47. The zero-order valence-corrected chi connectivity index (χ0v) is 13.0. The summed E-state index contributed by atoms with van der Waals surface area (Å²) in [5.41, 5.74) is -0.152. The summed E-state index contributed by atoms with van der Waals surface area (Å²) < 4.78 is 43.1. The number of hydrogen-bond acceptors (Lipinski definition) is 3. The van der Waals surface area contributed by atoms with Crippen LogP contribution in [0.25, 0.3) is 0 Å². The largest absolute Gasteiger partial charge is 0.453 e. The van der Waals surface area contributed by atoms with Crippen molar-refractivity contribution in [2.45, 2.75) is 32.9 Å². The van der Waals surface area contributed by atoms with Gasteiger partial charge < -0.3 is 9.64 Å². The summed E-state index contributed by atoms with van der Waals surface area (Å²) in [7, 11) is 1.17. The van der Waals surface area contributed by atoms with Crippen LogP contribution in [0.1, 0.15) is 32.3 Å². The Labute approximate surface area is 128 Å². The highest BCUT2D eigenvalue weighted by Gasteiger charge is 2.31. The van der Waals surface area contributed by atoms with Gasteiger partial charge >= 0.3 is 12.3 Å². The van der Waals surface area contributed by atoms with E-state index >= 15 is 0 Å². The lowest BCUT2D eigenvalue weighted by Crippen LogP contribution is -2.27. The maximum atomic E-state index is 12.9. The standard InChI is InChI=1S/C15H21F3N2O2/c1-4-8-20(9-5-2)13-7-6-11(15(16,17)18)10-12(13)19-14(21)22-3/h6-7,10H,4-5,8-9H2,1-3H3,(H,19,21). The van der Waals surface area contributed by atoms with Gasteiger partial charge in [-0.25, -0.2) is 4.79 Å². The van der Waals surface area contributed by atoms with Crippen molar-refractivity contribution < 1.29 is 22.7 Å². The zero-order valence-electron chi connectivity index (χ0n) is 13.0. The minimum absolute atomic E-state index is 0.101. The molecule has 0 heterocycles. The second-order valence-corrected chi connectivity index (χ2v) is 4.83. The number of carbonyl (C=O) groups excluding carboxylic acids is 1. The predicted molar refractivity (Wildman–Crippen MR) is 80.3 cm³/mol. The molecular formula is C15H21F3N2O2. The fourth-order valence-electron chi connectivity index (χ4n) is 2.14. The van der Waals surface area contributed by atoms with Gasteiger partial charge in [-0.05, 0) is 31.0 Å². The number of alkyl halides is 3. The van der Waals surface area contributed by atoms with Gasteiger partial charge in [-0.1, -0.05) is 13.8 Å². The van der Waals surface area contributed by atoms with Crippen molar-refractivity contribution in [3.05, 3.63) is 23.8 Å². The molecule has 1 aromatic carbocycles. The average molecular weight is 318 g/mol. The molecule has 0 fully saturated rings.